The molecule has 0 amide bonds. The van der Waals surface area contributed by atoms with E-state index in [1.807, 2.05) is 6.92 Å². The Labute approximate surface area is 187 Å². The average Bonchev–Trinajstić information content (AvgIpc) is 2.67. The molecule has 0 spiro atoms. The maximum Gasteiger partial charge on any atom is 0.191 e. The SMILES string of the molecule is CCOCCOc1cc(C)ccc1CNC(=NC)NCCN(C)CCOC.I. The lowest BCUT2D eigenvalue weighted by atomic mass is 10.1. The molecule has 0 saturated heterocycles. The lowest BCUT2D eigenvalue weighted by Crippen LogP contribution is -2.41. The topological polar surface area (TPSA) is 67.4 Å². The van der Waals surface area contributed by atoms with E-state index >= 15 is 0 Å². The van der Waals surface area contributed by atoms with Crippen molar-refractivity contribution in [3.63, 3.8) is 0 Å². The first-order valence-electron chi connectivity index (χ1n) is 9.52. The Morgan fingerprint density at radius 3 is 2.61 bits per heavy atom. The second-order valence-corrected chi connectivity index (χ2v) is 6.31. The maximum atomic E-state index is 5.89. The standard InChI is InChI=1S/C20H36N4O3.HI/c1-6-26-13-14-27-19-15-17(2)7-8-18(19)16-23-20(21-3)22-9-10-24(4)11-12-25-5;/h7-8,15H,6,9-14,16H2,1-5H3,(H2,21,22,23);1H. The molecule has 0 aromatic heterocycles. The van der Waals surface area contributed by atoms with Gasteiger partial charge in [0.2, 0.25) is 0 Å². The third-order valence-electron chi connectivity index (χ3n) is 4.05. The van der Waals surface area contributed by atoms with Gasteiger partial charge < -0.3 is 29.7 Å². The smallest absolute Gasteiger partial charge is 0.191 e. The van der Waals surface area contributed by atoms with E-state index in [1.165, 1.54) is 5.56 Å². The Morgan fingerprint density at radius 2 is 1.93 bits per heavy atom. The zero-order valence-corrected chi connectivity index (χ0v) is 20.2. The number of likely N-dealkylation sites (N-methyl/N-ethyl adjacent to an activating group) is 1. The highest BCUT2D eigenvalue weighted by atomic mass is 127. The van der Waals surface area contributed by atoms with E-state index in [0.29, 0.717) is 26.4 Å². The summed E-state index contributed by atoms with van der Waals surface area (Å²) in [4.78, 5) is 6.50. The fraction of sp³-hybridized carbons (Fsp3) is 0.650. The number of methoxy groups -OCH3 is 1. The first kappa shape index (κ1) is 26.9. The van der Waals surface area contributed by atoms with Crippen molar-refractivity contribution >= 4 is 29.9 Å². The highest BCUT2D eigenvalue weighted by Crippen LogP contribution is 2.20. The molecule has 0 bridgehead atoms. The van der Waals surface area contributed by atoms with Crippen molar-refractivity contribution in [1.82, 2.24) is 15.5 Å². The number of hydrogen-bond donors (Lipinski definition) is 2. The van der Waals surface area contributed by atoms with Crippen LogP contribution in [0, 0.1) is 6.92 Å². The number of halogens is 1. The summed E-state index contributed by atoms with van der Waals surface area (Å²) in [6.45, 7) is 9.91. The fourth-order valence-electron chi connectivity index (χ4n) is 2.42. The van der Waals surface area contributed by atoms with Crippen LogP contribution >= 0.6 is 24.0 Å². The van der Waals surface area contributed by atoms with Gasteiger partial charge in [-0.2, -0.15) is 0 Å². The average molecular weight is 508 g/mol. The van der Waals surface area contributed by atoms with E-state index in [-0.39, 0.29) is 24.0 Å². The fourth-order valence-corrected chi connectivity index (χ4v) is 2.42. The van der Waals surface area contributed by atoms with Gasteiger partial charge in [0, 0.05) is 52.5 Å². The molecule has 0 heterocycles. The summed E-state index contributed by atoms with van der Waals surface area (Å²) < 4.78 is 16.3. The molecule has 2 N–H and O–H groups in total. The molecule has 0 radical (unpaired) electrons. The lowest BCUT2D eigenvalue weighted by molar-refractivity contribution is 0.110. The van der Waals surface area contributed by atoms with Crippen molar-refractivity contribution in [2.24, 2.45) is 4.99 Å². The minimum Gasteiger partial charge on any atom is -0.491 e. The second-order valence-electron chi connectivity index (χ2n) is 6.31. The molecular formula is C20H37IN4O3. The van der Waals surface area contributed by atoms with Gasteiger partial charge in [0.05, 0.1) is 13.2 Å². The summed E-state index contributed by atoms with van der Waals surface area (Å²) in [7, 11) is 5.57. The van der Waals surface area contributed by atoms with Gasteiger partial charge in [0.25, 0.3) is 0 Å². The molecule has 0 aliphatic carbocycles. The molecule has 1 aromatic carbocycles. The van der Waals surface area contributed by atoms with Crippen molar-refractivity contribution < 1.29 is 14.2 Å². The number of aryl methyl sites for hydroxylation is 1. The number of benzene rings is 1. The number of hydrogen-bond acceptors (Lipinski definition) is 5. The maximum absolute atomic E-state index is 5.89. The van der Waals surface area contributed by atoms with Gasteiger partial charge in [-0.15, -0.1) is 24.0 Å². The lowest BCUT2D eigenvalue weighted by Gasteiger charge is -2.18. The minimum absolute atomic E-state index is 0. The molecule has 0 aliphatic heterocycles. The van der Waals surface area contributed by atoms with Crippen LogP contribution < -0.4 is 15.4 Å². The van der Waals surface area contributed by atoms with Crippen LogP contribution in [0.15, 0.2) is 23.2 Å². The number of ether oxygens (including phenoxy) is 3. The van der Waals surface area contributed by atoms with Gasteiger partial charge in [0.15, 0.2) is 5.96 Å². The third-order valence-corrected chi connectivity index (χ3v) is 4.05. The van der Waals surface area contributed by atoms with E-state index in [0.717, 1.165) is 43.5 Å². The Hall–Kier alpha value is -1.10. The summed E-state index contributed by atoms with van der Waals surface area (Å²) in [5.41, 5.74) is 2.27. The van der Waals surface area contributed by atoms with Crippen LogP contribution in [0.2, 0.25) is 0 Å². The minimum atomic E-state index is 0. The number of aliphatic imine (C=N–C) groups is 1. The molecule has 0 atom stereocenters. The molecule has 28 heavy (non-hydrogen) atoms. The van der Waals surface area contributed by atoms with Gasteiger partial charge >= 0.3 is 0 Å². The predicted molar refractivity (Wildman–Crippen MR) is 126 cm³/mol. The largest absolute Gasteiger partial charge is 0.491 e. The molecular weight excluding hydrogens is 471 g/mol. The van der Waals surface area contributed by atoms with Gasteiger partial charge in [-0.3, -0.25) is 4.99 Å². The van der Waals surface area contributed by atoms with E-state index in [9.17, 15) is 0 Å². The Bertz CT molecular complexity index is 558. The molecule has 0 saturated carbocycles. The van der Waals surface area contributed by atoms with Crippen LogP contribution in [0.1, 0.15) is 18.1 Å². The van der Waals surface area contributed by atoms with Crippen LogP contribution in [0.4, 0.5) is 0 Å². The van der Waals surface area contributed by atoms with E-state index < -0.39 is 0 Å². The van der Waals surface area contributed by atoms with E-state index in [1.54, 1.807) is 14.2 Å². The zero-order valence-electron chi connectivity index (χ0n) is 17.9. The van der Waals surface area contributed by atoms with Crippen LogP contribution in [0.5, 0.6) is 5.75 Å². The first-order chi connectivity index (χ1) is 13.1. The zero-order chi connectivity index (χ0) is 19.9. The number of guanidine groups is 1. The van der Waals surface area contributed by atoms with Crippen molar-refractivity contribution in [3.8, 4) is 5.75 Å². The summed E-state index contributed by atoms with van der Waals surface area (Å²) in [6.07, 6.45) is 0. The number of rotatable bonds is 13. The molecule has 0 aliphatic rings. The highest BCUT2D eigenvalue weighted by Gasteiger charge is 2.06. The summed E-state index contributed by atoms with van der Waals surface area (Å²) >= 11 is 0. The second kappa shape index (κ2) is 16.8. The van der Waals surface area contributed by atoms with Gasteiger partial charge in [-0.05, 0) is 32.5 Å². The monoisotopic (exact) mass is 508 g/mol. The van der Waals surface area contributed by atoms with Crippen molar-refractivity contribution in [2.75, 3.05) is 67.3 Å². The summed E-state index contributed by atoms with van der Waals surface area (Å²) in [6, 6.07) is 6.24. The highest BCUT2D eigenvalue weighted by molar-refractivity contribution is 14.0. The first-order valence-corrected chi connectivity index (χ1v) is 9.52. The van der Waals surface area contributed by atoms with Gasteiger partial charge in [-0.25, -0.2) is 0 Å². The van der Waals surface area contributed by atoms with Crippen molar-refractivity contribution in [1.29, 1.82) is 0 Å². The van der Waals surface area contributed by atoms with Crippen LogP contribution in [-0.4, -0.2) is 78.1 Å². The van der Waals surface area contributed by atoms with E-state index in [4.69, 9.17) is 14.2 Å². The Balaban J connectivity index is 0.00000729. The molecule has 0 fully saturated rings. The van der Waals surface area contributed by atoms with E-state index in [2.05, 4.69) is 52.7 Å². The van der Waals surface area contributed by atoms with Gasteiger partial charge in [-0.1, -0.05) is 12.1 Å². The normalized spacial score (nSPS) is 11.3. The third kappa shape index (κ3) is 11.7. The van der Waals surface area contributed by atoms with Crippen molar-refractivity contribution in [3.05, 3.63) is 29.3 Å². The number of nitrogens with one attached hydrogen (secondary N) is 2. The quantitative estimate of drug-likeness (QED) is 0.185. The molecule has 7 nitrogen and oxygen atoms in total. The van der Waals surface area contributed by atoms with Crippen LogP contribution in [-0.2, 0) is 16.0 Å². The molecule has 1 rings (SSSR count). The molecule has 162 valence electrons. The van der Waals surface area contributed by atoms with Gasteiger partial charge in [0.1, 0.15) is 12.4 Å². The number of nitrogens with zero attached hydrogens (tertiary/aromatic N) is 2. The Kier molecular flexibility index (Phi) is 16.2. The summed E-state index contributed by atoms with van der Waals surface area (Å²) in [5, 5.41) is 6.68. The molecule has 1 aromatic rings. The van der Waals surface area contributed by atoms with Crippen LogP contribution in [0.25, 0.3) is 0 Å². The Morgan fingerprint density at radius 1 is 1.14 bits per heavy atom. The van der Waals surface area contributed by atoms with Crippen molar-refractivity contribution in [2.45, 2.75) is 20.4 Å². The summed E-state index contributed by atoms with van der Waals surface area (Å²) in [5.74, 6) is 1.66. The molecule has 0 unspecified atom stereocenters. The molecule has 8 heteroatoms. The predicted octanol–water partition coefficient (Wildman–Crippen LogP) is 2.27. The van der Waals surface area contributed by atoms with Crippen LogP contribution in [0.3, 0.4) is 0 Å².